The van der Waals surface area contributed by atoms with Gasteiger partial charge in [0, 0.05) is 22.5 Å². The average molecular weight is 365 g/mol. The minimum absolute atomic E-state index is 0.234. The number of aliphatic hydroxyl groups is 1. The molecule has 0 heterocycles. The van der Waals surface area contributed by atoms with E-state index >= 15 is 0 Å². The largest absolute Gasteiger partial charge is 0.388 e. The van der Waals surface area contributed by atoms with Crippen molar-refractivity contribution < 1.29 is 5.11 Å². The fourth-order valence-electron chi connectivity index (χ4n) is 2.15. The summed E-state index contributed by atoms with van der Waals surface area (Å²) in [6, 6.07) is 10.1. The lowest BCUT2D eigenvalue weighted by Crippen LogP contribution is -2.20. The van der Waals surface area contributed by atoms with Crippen LogP contribution in [0, 0.1) is 0 Å². The Morgan fingerprint density at radius 1 is 0.905 bits per heavy atom. The highest BCUT2D eigenvalue weighted by atomic mass is 35.5. The van der Waals surface area contributed by atoms with E-state index in [1.54, 1.807) is 36.4 Å². The molecule has 0 saturated heterocycles. The number of hydrogen-bond donors (Lipinski definition) is 2. The zero-order valence-electron chi connectivity index (χ0n) is 10.9. The predicted octanol–water partition coefficient (Wildman–Crippen LogP) is 5.08. The maximum absolute atomic E-state index is 10.6. The molecule has 2 aromatic rings. The zero-order valence-corrected chi connectivity index (χ0v) is 13.9. The third-order valence-electron chi connectivity index (χ3n) is 3.29. The molecule has 0 bridgehead atoms. The van der Waals surface area contributed by atoms with E-state index in [4.69, 9.17) is 52.1 Å². The van der Waals surface area contributed by atoms with Gasteiger partial charge in [-0.3, -0.25) is 0 Å². The van der Waals surface area contributed by atoms with Gasteiger partial charge in [0.1, 0.15) is 0 Å². The smallest absolute Gasteiger partial charge is 0.0885 e. The van der Waals surface area contributed by atoms with E-state index in [2.05, 4.69) is 0 Å². The van der Waals surface area contributed by atoms with Crippen LogP contribution in [-0.4, -0.2) is 11.7 Å². The van der Waals surface area contributed by atoms with Crippen molar-refractivity contribution in [3.63, 3.8) is 0 Å². The van der Waals surface area contributed by atoms with Crippen molar-refractivity contribution in [1.82, 2.24) is 0 Å². The van der Waals surface area contributed by atoms with Gasteiger partial charge in [0.25, 0.3) is 0 Å². The van der Waals surface area contributed by atoms with Gasteiger partial charge in [-0.25, -0.2) is 0 Å². The van der Waals surface area contributed by atoms with Crippen LogP contribution in [0.1, 0.15) is 23.1 Å². The number of halogens is 4. The van der Waals surface area contributed by atoms with E-state index in [1.807, 2.05) is 0 Å². The van der Waals surface area contributed by atoms with Crippen LogP contribution in [0.3, 0.4) is 0 Å². The van der Waals surface area contributed by atoms with Crippen molar-refractivity contribution in [2.24, 2.45) is 5.73 Å². The van der Waals surface area contributed by atoms with Gasteiger partial charge in [-0.05, 0) is 35.4 Å². The highest BCUT2D eigenvalue weighted by Gasteiger charge is 2.24. The number of benzene rings is 2. The van der Waals surface area contributed by atoms with Crippen molar-refractivity contribution in [3.8, 4) is 0 Å². The van der Waals surface area contributed by atoms with Crippen molar-refractivity contribution in [2.45, 2.75) is 12.0 Å². The molecule has 0 aliphatic rings. The lowest BCUT2D eigenvalue weighted by molar-refractivity contribution is 0.147. The lowest BCUT2D eigenvalue weighted by atomic mass is 9.89. The molecule has 0 saturated carbocycles. The fraction of sp³-hybridized carbons (Fsp3) is 0.200. The van der Waals surface area contributed by atoms with Gasteiger partial charge in [-0.1, -0.05) is 58.5 Å². The Morgan fingerprint density at radius 2 is 1.62 bits per heavy atom. The average Bonchev–Trinajstić information content (AvgIpc) is 2.43. The van der Waals surface area contributed by atoms with Gasteiger partial charge in [0.05, 0.1) is 16.1 Å². The summed E-state index contributed by atoms with van der Waals surface area (Å²) in [6.45, 7) is 0.234. The summed E-state index contributed by atoms with van der Waals surface area (Å²) < 4.78 is 0. The molecule has 0 aromatic heterocycles. The molecular weight excluding hydrogens is 352 g/mol. The molecule has 3 N–H and O–H groups in total. The molecule has 21 heavy (non-hydrogen) atoms. The quantitative estimate of drug-likeness (QED) is 0.794. The molecule has 2 nitrogen and oxygen atoms in total. The van der Waals surface area contributed by atoms with Crippen LogP contribution in [0.25, 0.3) is 0 Å². The van der Waals surface area contributed by atoms with Crippen molar-refractivity contribution in [1.29, 1.82) is 0 Å². The molecule has 112 valence electrons. The Hall–Kier alpha value is -0.480. The molecule has 2 rings (SSSR count). The van der Waals surface area contributed by atoms with E-state index in [-0.39, 0.29) is 12.5 Å². The number of nitrogens with two attached hydrogens (primary N) is 1. The normalized spacial score (nSPS) is 14.0. The van der Waals surface area contributed by atoms with Crippen LogP contribution in [0.4, 0.5) is 0 Å². The first kappa shape index (κ1) is 16.9. The van der Waals surface area contributed by atoms with Gasteiger partial charge >= 0.3 is 0 Å². The summed E-state index contributed by atoms with van der Waals surface area (Å²) in [7, 11) is 0. The summed E-state index contributed by atoms with van der Waals surface area (Å²) >= 11 is 23.9. The molecule has 0 fully saturated rings. The fourth-order valence-corrected chi connectivity index (χ4v) is 2.98. The van der Waals surface area contributed by atoms with E-state index in [0.29, 0.717) is 25.7 Å². The molecule has 0 radical (unpaired) electrons. The second kappa shape index (κ2) is 7.19. The van der Waals surface area contributed by atoms with Gasteiger partial charge in [-0.2, -0.15) is 0 Å². The van der Waals surface area contributed by atoms with E-state index in [9.17, 15) is 5.11 Å². The van der Waals surface area contributed by atoms with E-state index in [1.165, 1.54) is 0 Å². The molecule has 0 aliphatic heterocycles. The van der Waals surface area contributed by atoms with Crippen LogP contribution < -0.4 is 5.73 Å². The lowest BCUT2D eigenvalue weighted by Gasteiger charge is -2.23. The monoisotopic (exact) mass is 363 g/mol. The van der Waals surface area contributed by atoms with Gasteiger partial charge in [0.15, 0.2) is 0 Å². The van der Waals surface area contributed by atoms with Gasteiger partial charge < -0.3 is 10.8 Å². The molecule has 6 heteroatoms. The third kappa shape index (κ3) is 3.84. The summed E-state index contributed by atoms with van der Waals surface area (Å²) in [4.78, 5) is 0. The number of aliphatic hydroxyl groups excluding tert-OH is 1. The first-order valence-electron chi connectivity index (χ1n) is 6.22. The summed E-state index contributed by atoms with van der Waals surface area (Å²) in [5.74, 6) is -0.349. The Bertz CT molecular complexity index is 648. The number of rotatable bonds is 4. The Kier molecular flexibility index (Phi) is 5.78. The second-order valence-electron chi connectivity index (χ2n) is 4.63. The highest BCUT2D eigenvalue weighted by molar-refractivity contribution is 6.42. The Labute approximate surface area is 143 Å². The van der Waals surface area contributed by atoms with Gasteiger partial charge in [0.2, 0.25) is 0 Å². The van der Waals surface area contributed by atoms with Crippen LogP contribution >= 0.6 is 46.4 Å². The highest BCUT2D eigenvalue weighted by Crippen LogP contribution is 2.36. The minimum atomic E-state index is -0.864. The summed E-state index contributed by atoms with van der Waals surface area (Å²) in [5.41, 5.74) is 7.17. The van der Waals surface area contributed by atoms with Gasteiger partial charge in [-0.15, -0.1) is 0 Å². The second-order valence-corrected chi connectivity index (χ2v) is 6.28. The summed E-state index contributed by atoms with van der Waals surface area (Å²) in [5, 5.41) is 12.4. The van der Waals surface area contributed by atoms with Crippen molar-refractivity contribution in [3.05, 3.63) is 67.6 Å². The standard InChI is InChI=1S/C15H13Cl4NO/c16-9-2-3-10(13(18)6-9)15(21)11(7-20)8-1-4-12(17)14(19)5-8/h1-6,11,15,21H,7,20H2. The van der Waals surface area contributed by atoms with E-state index in [0.717, 1.165) is 5.56 Å². The van der Waals surface area contributed by atoms with Crippen LogP contribution in [0.15, 0.2) is 36.4 Å². The van der Waals surface area contributed by atoms with Crippen LogP contribution in [-0.2, 0) is 0 Å². The zero-order chi connectivity index (χ0) is 15.6. The van der Waals surface area contributed by atoms with Crippen LogP contribution in [0.5, 0.6) is 0 Å². The molecule has 0 aliphatic carbocycles. The topological polar surface area (TPSA) is 46.2 Å². The number of hydrogen-bond acceptors (Lipinski definition) is 2. The molecular formula is C15H13Cl4NO. The Morgan fingerprint density at radius 3 is 2.19 bits per heavy atom. The molecule has 0 amide bonds. The first-order valence-corrected chi connectivity index (χ1v) is 7.73. The maximum Gasteiger partial charge on any atom is 0.0885 e. The molecule has 2 aromatic carbocycles. The molecule has 0 spiro atoms. The van der Waals surface area contributed by atoms with Crippen molar-refractivity contribution >= 4 is 46.4 Å². The Balaban J connectivity index is 2.37. The SMILES string of the molecule is NCC(c1ccc(Cl)c(Cl)c1)C(O)c1ccc(Cl)cc1Cl. The summed E-state index contributed by atoms with van der Waals surface area (Å²) in [6.07, 6.45) is -0.864. The first-order chi connectivity index (χ1) is 9.93. The third-order valence-corrected chi connectivity index (χ3v) is 4.59. The van der Waals surface area contributed by atoms with Crippen molar-refractivity contribution in [2.75, 3.05) is 6.54 Å². The minimum Gasteiger partial charge on any atom is -0.388 e. The molecule has 2 atom stereocenters. The molecule has 2 unspecified atom stereocenters. The van der Waals surface area contributed by atoms with Crippen LogP contribution in [0.2, 0.25) is 20.1 Å². The maximum atomic E-state index is 10.6. The predicted molar refractivity (Wildman–Crippen MR) is 89.7 cm³/mol. The van der Waals surface area contributed by atoms with E-state index < -0.39 is 6.10 Å².